The Morgan fingerprint density at radius 1 is 1.24 bits per heavy atom. The third kappa shape index (κ3) is 4.59. The molecule has 110 valence electrons. The van der Waals surface area contributed by atoms with Gasteiger partial charge in [0.15, 0.2) is 9.84 Å². The summed E-state index contributed by atoms with van der Waals surface area (Å²) in [7, 11) is -3.23. The lowest BCUT2D eigenvalue weighted by atomic mass is 10.3. The van der Waals surface area contributed by atoms with E-state index in [-0.39, 0.29) is 17.9 Å². The Morgan fingerprint density at radius 3 is 2.62 bits per heavy atom. The maximum absolute atomic E-state index is 11.9. The second kappa shape index (κ2) is 6.74. The third-order valence-corrected chi connectivity index (χ3v) is 4.75. The third-order valence-electron chi connectivity index (χ3n) is 2.85. The highest BCUT2D eigenvalue weighted by atomic mass is 35.5. The van der Waals surface area contributed by atoms with E-state index < -0.39 is 9.84 Å². The molecule has 21 heavy (non-hydrogen) atoms. The van der Waals surface area contributed by atoms with E-state index in [0.717, 1.165) is 5.69 Å². The first kappa shape index (κ1) is 15.5. The number of hydrogen-bond donors (Lipinski definition) is 0. The fourth-order valence-electron chi connectivity index (χ4n) is 1.84. The van der Waals surface area contributed by atoms with Gasteiger partial charge in [0.2, 0.25) is 0 Å². The van der Waals surface area contributed by atoms with Crippen molar-refractivity contribution in [1.82, 2.24) is 9.78 Å². The Labute approximate surface area is 128 Å². The number of hydrogen-bond acceptors (Lipinski definition) is 4. The molecule has 0 N–H and O–H groups in total. The molecular formula is C14H14ClN3O2S. The fraction of sp³-hybridized carbons (Fsp3) is 0.286. The molecule has 1 heterocycles. The highest BCUT2D eigenvalue weighted by Crippen LogP contribution is 2.14. The second-order valence-electron chi connectivity index (χ2n) is 4.58. The number of nitriles is 1. The highest BCUT2D eigenvalue weighted by molar-refractivity contribution is 7.90. The molecule has 2 aromatic rings. The lowest BCUT2D eigenvalue weighted by Crippen LogP contribution is -2.10. The van der Waals surface area contributed by atoms with Gasteiger partial charge in [-0.05, 0) is 36.8 Å². The molecule has 0 amide bonds. The number of sulfone groups is 1. The fourth-order valence-corrected chi connectivity index (χ4v) is 3.30. The van der Waals surface area contributed by atoms with Gasteiger partial charge in [-0.3, -0.25) is 0 Å². The van der Waals surface area contributed by atoms with Crippen molar-refractivity contribution in [2.45, 2.75) is 18.6 Å². The minimum absolute atomic E-state index is 0.00830. The standard InChI is InChI=1S/C14H14ClN3O2S/c15-12-3-5-14(6-4-12)18-9-7-13(17-18)11-21(19,20)10-2-1-8-16/h3-7,9H,1-2,10-11H2. The first-order valence-electron chi connectivity index (χ1n) is 6.38. The molecular weight excluding hydrogens is 310 g/mol. The zero-order valence-corrected chi connectivity index (χ0v) is 12.8. The van der Waals surface area contributed by atoms with Crippen LogP contribution in [0.1, 0.15) is 18.5 Å². The van der Waals surface area contributed by atoms with Crippen LogP contribution in [0.3, 0.4) is 0 Å². The van der Waals surface area contributed by atoms with Gasteiger partial charge in [0, 0.05) is 17.6 Å². The predicted octanol–water partition coefficient (Wildman–Crippen LogP) is 2.74. The van der Waals surface area contributed by atoms with E-state index in [1.165, 1.54) is 0 Å². The number of rotatable bonds is 6. The lowest BCUT2D eigenvalue weighted by molar-refractivity contribution is 0.592. The Balaban J connectivity index is 2.06. The SMILES string of the molecule is N#CCCCS(=O)(=O)Cc1ccn(-c2ccc(Cl)cc2)n1. The zero-order valence-electron chi connectivity index (χ0n) is 11.2. The summed E-state index contributed by atoms with van der Waals surface area (Å²) in [5.41, 5.74) is 1.30. The molecule has 0 atom stereocenters. The van der Waals surface area contributed by atoms with Crippen molar-refractivity contribution in [3.8, 4) is 11.8 Å². The van der Waals surface area contributed by atoms with Gasteiger partial charge in [0.1, 0.15) is 0 Å². The van der Waals surface area contributed by atoms with E-state index in [1.54, 1.807) is 41.2 Å². The topological polar surface area (TPSA) is 75.8 Å². The van der Waals surface area contributed by atoms with Crippen LogP contribution in [0.2, 0.25) is 5.02 Å². The molecule has 0 fully saturated rings. The molecule has 5 nitrogen and oxygen atoms in total. The summed E-state index contributed by atoms with van der Waals surface area (Å²) in [5, 5.41) is 13.3. The predicted molar refractivity (Wildman–Crippen MR) is 80.9 cm³/mol. The van der Waals surface area contributed by atoms with Crippen molar-refractivity contribution < 1.29 is 8.42 Å². The molecule has 0 bridgehead atoms. The normalized spacial score (nSPS) is 11.2. The van der Waals surface area contributed by atoms with Gasteiger partial charge < -0.3 is 0 Å². The number of nitrogens with zero attached hydrogens (tertiary/aromatic N) is 3. The number of halogens is 1. The van der Waals surface area contributed by atoms with Gasteiger partial charge in [-0.2, -0.15) is 10.4 Å². The number of aromatic nitrogens is 2. The Morgan fingerprint density at radius 2 is 1.95 bits per heavy atom. The van der Waals surface area contributed by atoms with Crippen LogP contribution in [0.5, 0.6) is 0 Å². The molecule has 0 aliphatic carbocycles. The first-order valence-corrected chi connectivity index (χ1v) is 8.58. The van der Waals surface area contributed by atoms with Crippen molar-refractivity contribution in [2.75, 3.05) is 5.75 Å². The van der Waals surface area contributed by atoms with Crippen molar-refractivity contribution >= 4 is 21.4 Å². The Bertz CT molecular complexity index is 745. The van der Waals surface area contributed by atoms with Gasteiger partial charge in [-0.15, -0.1) is 0 Å². The van der Waals surface area contributed by atoms with Crippen LogP contribution in [0.4, 0.5) is 0 Å². The number of benzene rings is 1. The van der Waals surface area contributed by atoms with Crippen LogP contribution in [-0.4, -0.2) is 24.0 Å². The summed E-state index contributed by atoms with van der Waals surface area (Å²) in [6.07, 6.45) is 2.32. The van der Waals surface area contributed by atoms with E-state index in [4.69, 9.17) is 16.9 Å². The molecule has 7 heteroatoms. The lowest BCUT2D eigenvalue weighted by Gasteiger charge is -2.02. The van der Waals surface area contributed by atoms with Crippen LogP contribution < -0.4 is 0 Å². The van der Waals surface area contributed by atoms with E-state index >= 15 is 0 Å². The van der Waals surface area contributed by atoms with Crippen LogP contribution in [0, 0.1) is 11.3 Å². The molecule has 0 saturated heterocycles. The monoisotopic (exact) mass is 323 g/mol. The van der Waals surface area contributed by atoms with Crippen LogP contribution in [0.25, 0.3) is 5.69 Å². The van der Waals surface area contributed by atoms with Gasteiger partial charge >= 0.3 is 0 Å². The molecule has 0 radical (unpaired) electrons. The summed E-state index contributed by atoms with van der Waals surface area (Å²) in [5.74, 6) is -0.104. The maximum Gasteiger partial charge on any atom is 0.156 e. The summed E-state index contributed by atoms with van der Waals surface area (Å²) in [6.45, 7) is 0. The smallest absolute Gasteiger partial charge is 0.156 e. The van der Waals surface area contributed by atoms with E-state index in [0.29, 0.717) is 17.1 Å². The number of unbranched alkanes of at least 4 members (excludes halogenated alkanes) is 1. The molecule has 0 saturated carbocycles. The van der Waals surface area contributed by atoms with Crippen molar-refractivity contribution in [1.29, 1.82) is 5.26 Å². The quantitative estimate of drug-likeness (QED) is 0.766. The molecule has 0 unspecified atom stereocenters. The van der Waals surface area contributed by atoms with Gasteiger partial charge in [-0.25, -0.2) is 13.1 Å². The van der Waals surface area contributed by atoms with Gasteiger partial charge in [0.25, 0.3) is 0 Å². The summed E-state index contributed by atoms with van der Waals surface area (Å²) >= 11 is 5.82. The van der Waals surface area contributed by atoms with Gasteiger partial charge in [-0.1, -0.05) is 11.6 Å². The van der Waals surface area contributed by atoms with Crippen molar-refractivity contribution in [3.05, 3.63) is 47.2 Å². The van der Waals surface area contributed by atoms with E-state index in [9.17, 15) is 8.42 Å². The maximum atomic E-state index is 11.9. The van der Waals surface area contributed by atoms with Gasteiger partial charge in [0.05, 0.1) is 29.0 Å². The molecule has 1 aromatic carbocycles. The van der Waals surface area contributed by atoms with Crippen molar-refractivity contribution in [2.24, 2.45) is 0 Å². The zero-order chi connectivity index (χ0) is 15.3. The molecule has 0 spiro atoms. The van der Waals surface area contributed by atoms with E-state index in [2.05, 4.69) is 5.10 Å². The Kier molecular flexibility index (Phi) is 4.99. The molecule has 0 aliphatic heterocycles. The molecule has 1 aromatic heterocycles. The summed E-state index contributed by atoms with van der Waals surface area (Å²) < 4.78 is 25.4. The largest absolute Gasteiger partial charge is 0.241 e. The average molecular weight is 324 g/mol. The minimum Gasteiger partial charge on any atom is -0.241 e. The highest BCUT2D eigenvalue weighted by Gasteiger charge is 2.14. The summed E-state index contributed by atoms with van der Waals surface area (Å²) in [6, 6.07) is 10.7. The molecule has 0 aliphatic rings. The van der Waals surface area contributed by atoms with Crippen LogP contribution in [-0.2, 0) is 15.6 Å². The van der Waals surface area contributed by atoms with Crippen LogP contribution >= 0.6 is 11.6 Å². The average Bonchev–Trinajstić information content (AvgIpc) is 2.87. The first-order chi connectivity index (χ1) is 10.00. The summed E-state index contributed by atoms with van der Waals surface area (Å²) in [4.78, 5) is 0. The second-order valence-corrected chi connectivity index (χ2v) is 7.20. The van der Waals surface area contributed by atoms with Crippen LogP contribution in [0.15, 0.2) is 36.5 Å². The Hall–Kier alpha value is -1.84. The minimum atomic E-state index is -3.23. The van der Waals surface area contributed by atoms with E-state index in [1.807, 2.05) is 6.07 Å². The van der Waals surface area contributed by atoms with Crippen molar-refractivity contribution in [3.63, 3.8) is 0 Å². The molecule has 2 rings (SSSR count).